The Hall–Kier alpha value is -1.96. The van der Waals surface area contributed by atoms with Crippen molar-refractivity contribution in [3.05, 3.63) is 58.2 Å². The molecule has 0 saturated carbocycles. The quantitative estimate of drug-likeness (QED) is 0.694. The molecule has 0 spiro atoms. The number of anilines is 1. The predicted octanol–water partition coefficient (Wildman–Crippen LogP) is 3.82. The lowest BCUT2D eigenvalue weighted by Gasteiger charge is -2.36. The minimum Gasteiger partial charge on any atom is -0.381 e. The number of carbonyl (C=O) groups excluding carboxylic acids is 1. The first kappa shape index (κ1) is 22.2. The van der Waals surface area contributed by atoms with Crippen LogP contribution in [0.5, 0.6) is 0 Å². The van der Waals surface area contributed by atoms with E-state index in [2.05, 4.69) is 45.0 Å². The van der Waals surface area contributed by atoms with Crippen LogP contribution < -0.4 is 10.2 Å². The molecule has 2 aliphatic rings. The number of aromatic nitrogens is 1. The fraction of sp³-hybridized carbons (Fsp3) is 0.500. The van der Waals surface area contributed by atoms with Crippen molar-refractivity contribution >= 4 is 27.7 Å². The first-order valence-corrected chi connectivity index (χ1v) is 11.7. The van der Waals surface area contributed by atoms with Gasteiger partial charge in [0.15, 0.2) is 0 Å². The Morgan fingerprint density at radius 2 is 1.81 bits per heavy atom. The first-order valence-electron chi connectivity index (χ1n) is 10.9. The Balaban J connectivity index is 1.42. The Kier molecular flexibility index (Phi) is 6.94. The van der Waals surface area contributed by atoms with Crippen molar-refractivity contribution in [1.82, 2.24) is 10.3 Å². The summed E-state index contributed by atoms with van der Waals surface area (Å²) in [5, 5.41) is 3.16. The molecule has 2 unspecified atom stereocenters. The van der Waals surface area contributed by atoms with E-state index in [9.17, 15) is 4.79 Å². The van der Waals surface area contributed by atoms with Crippen LogP contribution in [0.2, 0.25) is 0 Å². The van der Waals surface area contributed by atoms with Gasteiger partial charge in [-0.05, 0) is 56.0 Å². The second-order valence-electron chi connectivity index (χ2n) is 8.57. The summed E-state index contributed by atoms with van der Waals surface area (Å²) in [6, 6.07) is 12.1. The molecular weight excluding hydrogens is 458 g/mol. The van der Waals surface area contributed by atoms with Crippen LogP contribution in [-0.4, -0.2) is 49.4 Å². The lowest BCUT2D eigenvalue weighted by Crippen LogP contribution is -2.47. The third-order valence-electron chi connectivity index (χ3n) is 6.18. The van der Waals surface area contributed by atoms with E-state index in [0.717, 1.165) is 34.5 Å². The first-order chi connectivity index (χ1) is 15.0. The average Bonchev–Trinajstić information content (AvgIpc) is 2.78. The minimum atomic E-state index is -0.549. The van der Waals surface area contributed by atoms with E-state index in [1.165, 1.54) is 0 Å². The van der Waals surface area contributed by atoms with Crippen LogP contribution in [0.4, 0.5) is 5.82 Å². The third kappa shape index (κ3) is 5.10. The summed E-state index contributed by atoms with van der Waals surface area (Å²) in [6.07, 6.45) is 3.62. The molecule has 166 valence electrons. The van der Waals surface area contributed by atoms with Crippen molar-refractivity contribution in [2.45, 2.75) is 50.9 Å². The van der Waals surface area contributed by atoms with Gasteiger partial charge < -0.3 is 19.7 Å². The third-order valence-corrected chi connectivity index (χ3v) is 6.71. The molecule has 7 heteroatoms. The molecule has 1 aromatic heterocycles. The molecule has 1 N–H and O–H groups in total. The van der Waals surface area contributed by atoms with Gasteiger partial charge in [-0.3, -0.25) is 4.79 Å². The number of hydrogen-bond donors (Lipinski definition) is 1. The van der Waals surface area contributed by atoms with E-state index in [-0.39, 0.29) is 18.1 Å². The number of morpholine rings is 1. The Bertz CT molecular complexity index is 872. The molecule has 0 bridgehead atoms. The highest BCUT2D eigenvalue weighted by molar-refractivity contribution is 9.10. The van der Waals surface area contributed by atoms with Gasteiger partial charge in [-0.2, -0.15) is 0 Å². The number of nitrogens with zero attached hydrogens (tertiary/aromatic N) is 2. The summed E-state index contributed by atoms with van der Waals surface area (Å²) in [6.45, 7) is 7.50. The van der Waals surface area contributed by atoms with Gasteiger partial charge in [0.1, 0.15) is 5.82 Å². The number of halogens is 1. The van der Waals surface area contributed by atoms with Gasteiger partial charge in [-0.1, -0.05) is 34.1 Å². The number of carbonyl (C=O) groups is 1. The minimum absolute atomic E-state index is 0.0537. The molecule has 4 rings (SSSR count). The highest BCUT2D eigenvalue weighted by Gasteiger charge is 2.41. The molecule has 1 aromatic carbocycles. The van der Waals surface area contributed by atoms with Crippen LogP contribution >= 0.6 is 15.9 Å². The van der Waals surface area contributed by atoms with Crippen molar-refractivity contribution in [3.8, 4) is 0 Å². The molecule has 31 heavy (non-hydrogen) atoms. The smallest absolute Gasteiger partial charge is 0.231 e. The summed E-state index contributed by atoms with van der Waals surface area (Å²) in [7, 11) is 0. The monoisotopic (exact) mass is 487 g/mol. The molecule has 2 saturated heterocycles. The number of benzene rings is 1. The van der Waals surface area contributed by atoms with E-state index < -0.39 is 5.41 Å². The van der Waals surface area contributed by atoms with E-state index >= 15 is 0 Å². The Labute approximate surface area is 192 Å². The maximum absolute atomic E-state index is 13.3. The normalized spacial score (nSPS) is 23.4. The Morgan fingerprint density at radius 3 is 2.42 bits per heavy atom. The van der Waals surface area contributed by atoms with Gasteiger partial charge in [0.2, 0.25) is 5.91 Å². The predicted molar refractivity (Wildman–Crippen MR) is 124 cm³/mol. The largest absolute Gasteiger partial charge is 0.381 e. The summed E-state index contributed by atoms with van der Waals surface area (Å²) in [5.74, 6) is 1.01. The molecule has 2 fully saturated rings. The molecule has 3 heterocycles. The number of amides is 1. The molecule has 6 nitrogen and oxygen atoms in total. The number of pyridine rings is 1. The molecule has 1 amide bonds. The maximum Gasteiger partial charge on any atom is 0.231 e. The molecule has 0 radical (unpaired) electrons. The molecule has 2 aliphatic heterocycles. The maximum atomic E-state index is 13.3. The van der Waals surface area contributed by atoms with Crippen molar-refractivity contribution in [2.24, 2.45) is 0 Å². The number of ether oxygens (including phenoxy) is 2. The molecule has 0 aliphatic carbocycles. The van der Waals surface area contributed by atoms with E-state index in [1.807, 2.05) is 42.6 Å². The zero-order chi connectivity index (χ0) is 21.8. The fourth-order valence-electron chi connectivity index (χ4n) is 4.56. The molecule has 2 aromatic rings. The van der Waals surface area contributed by atoms with Crippen LogP contribution in [0.15, 0.2) is 47.1 Å². The van der Waals surface area contributed by atoms with Crippen LogP contribution in [0, 0.1) is 0 Å². The highest BCUT2D eigenvalue weighted by atomic mass is 79.9. The Morgan fingerprint density at radius 1 is 1.13 bits per heavy atom. The second kappa shape index (κ2) is 9.67. The van der Waals surface area contributed by atoms with Crippen LogP contribution in [0.1, 0.15) is 37.8 Å². The number of hydrogen-bond acceptors (Lipinski definition) is 5. The van der Waals surface area contributed by atoms with Gasteiger partial charge in [0.25, 0.3) is 0 Å². The van der Waals surface area contributed by atoms with Gasteiger partial charge >= 0.3 is 0 Å². The van der Waals surface area contributed by atoms with Gasteiger partial charge in [0, 0.05) is 43.5 Å². The van der Waals surface area contributed by atoms with Crippen LogP contribution in [-0.2, 0) is 26.2 Å². The summed E-state index contributed by atoms with van der Waals surface area (Å²) < 4.78 is 12.4. The summed E-state index contributed by atoms with van der Waals surface area (Å²) in [5.41, 5.74) is 1.48. The van der Waals surface area contributed by atoms with Crippen molar-refractivity contribution in [2.75, 3.05) is 31.2 Å². The van der Waals surface area contributed by atoms with Gasteiger partial charge in [0.05, 0.1) is 17.6 Å². The van der Waals surface area contributed by atoms with Gasteiger partial charge in [-0.25, -0.2) is 4.98 Å². The van der Waals surface area contributed by atoms with Gasteiger partial charge in [-0.15, -0.1) is 0 Å². The number of nitrogens with one attached hydrogen (secondary N) is 1. The van der Waals surface area contributed by atoms with Crippen LogP contribution in [0.25, 0.3) is 0 Å². The number of rotatable bonds is 5. The van der Waals surface area contributed by atoms with Crippen molar-refractivity contribution in [3.63, 3.8) is 0 Å². The SMILES string of the molecule is CC1CN(c2ccc(CNC(=O)C3(c4ccc(Br)cc4)CCOCC3)cn2)CC(C)O1. The highest BCUT2D eigenvalue weighted by Crippen LogP contribution is 2.36. The topological polar surface area (TPSA) is 63.7 Å². The van der Waals surface area contributed by atoms with E-state index in [0.29, 0.717) is 32.6 Å². The lowest BCUT2D eigenvalue weighted by atomic mass is 9.73. The zero-order valence-electron chi connectivity index (χ0n) is 18.1. The zero-order valence-corrected chi connectivity index (χ0v) is 19.7. The summed E-state index contributed by atoms with van der Waals surface area (Å²) >= 11 is 3.48. The molecular formula is C24H30BrN3O3. The summed E-state index contributed by atoms with van der Waals surface area (Å²) in [4.78, 5) is 20.2. The standard InChI is InChI=1S/C24H30BrN3O3/c1-17-15-28(16-18(2)31-17)22-8-3-19(13-26-22)14-27-23(29)24(9-11-30-12-10-24)20-4-6-21(25)7-5-20/h3-8,13,17-18H,9-12,14-16H2,1-2H3,(H,27,29). The van der Waals surface area contributed by atoms with Crippen LogP contribution in [0.3, 0.4) is 0 Å². The van der Waals surface area contributed by atoms with Crippen molar-refractivity contribution in [1.29, 1.82) is 0 Å². The molecule has 2 atom stereocenters. The van der Waals surface area contributed by atoms with E-state index in [1.54, 1.807) is 0 Å². The van der Waals surface area contributed by atoms with E-state index in [4.69, 9.17) is 9.47 Å². The van der Waals surface area contributed by atoms with Crippen molar-refractivity contribution < 1.29 is 14.3 Å². The lowest BCUT2D eigenvalue weighted by molar-refractivity contribution is -0.130. The fourth-order valence-corrected chi connectivity index (χ4v) is 4.82. The average molecular weight is 488 g/mol. The second-order valence-corrected chi connectivity index (χ2v) is 9.49.